The van der Waals surface area contributed by atoms with E-state index < -0.39 is 0 Å². The first-order chi connectivity index (χ1) is 8.24. The topological polar surface area (TPSA) is 33.2 Å². The van der Waals surface area contributed by atoms with E-state index in [4.69, 9.17) is 0 Å². The zero-order valence-electron chi connectivity index (χ0n) is 10.1. The van der Waals surface area contributed by atoms with Crippen LogP contribution in [0.4, 0.5) is 0 Å². The van der Waals surface area contributed by atoms with Crippen LogP contribution in [-0.2, 0) is 11.2 Å². The Morgan fingerprint density at radius 2 is 2.18 bits per heavy atom. The van der Waals surface area contributed by atoms with Gasteiger partial charge in [-0.25, -0.2) is 0 Å². The van der Waals surface area contributed by atoms with Crippen molar-refractivity contribution in [1.29, 1.82) is 0 Å². The van der Waals surface area contributed by atoms with Crippen molar-refractivity contribution < 1.29 is 4.79 Å². The number of hydrogen-bond acceptors (Lipinski definition) is 4. The van der Waals surface area contributed by atoms with Crippen molar-refractivity contribution in [2.45, 2.75) is 44.2 Å². The quantitative estimate of drug-likeness (QED) is 0.824. The molecule has 0 amide bonds. The number of ketones is 1. The fourth-order valence-corrected chi connectivity index (χ4v) is 3.92. The highest BCUT2D eigenvalue weighted by Crippen LogP contribution is 2.38. The van der Waals surface area contributed by atoms with Crippen LogP contribution in [0.3, 0.4) is 0 Å². The van der Waals surface area contributed by atoms with Crippen LogP contribution in [0.2, 0.25) is 0 Å². The lowest BCUT2D eigenvalue weighted by atomic mass is 9.86. The molecular formula is C13H18N2OS. The summed E-state index contributed by atoms with van der Waals surface area (Å²) in [5.74, 6) is 0.727. The molecule has 2 aliphatic rings. The minimum atomic E-state index is 0.297. The molecule has 2 bridgehead atoms. The van der Waals surface area contributed by atoms with Crippen LogP contribution in [0.5, 0.6) is 0 Å². The Hall–Kier alpha value is -0.740. The molecule has 0 saturated carbocycles. The number of aromatic nitrogens is 1. The first-order valence-corrected chi connectivity index (χ1v) is 7.24. The summed E-state index contributed by atoms with van der Waals surface area (Å²) in [5, 5.41) is 0. The number of nitrogens with zero attached hydrogens (tertiary/aromatic N) is 2. The number of piperidine rings is 1. The molecule has 4 heteroatoms. The Morgan fingerprint density at radius 3 is 2.76 bits per heavy atom. The summed E-state index contributed by atoms with van der Waals surface area (Å²) >= 11 is 1.59. The van der Waals surface area contributed by atoms with E-state index in [1.807, 2.05) is 6.20 Å². The third-order valence-electron chi connectivity index (χ3n) is 4.39. The Labute approximate surface area is 106 Å². The largest absolute Gasteiger partial charge is 0.300 e. The van der Waals surface area contributed by atoms with Crippen molar-refractivity contribution in [1.82, 2.24) is 9.88 Å². The first-order valence-electron chi connectivity index (χ1n) is 6.36. The van der Waals surface area contributed by atoms with Crippen LogP contribution in [0.25, 0.3) is 0 Å². The zero-order valence-corrected chi connectivity index (χ0v) is 10.9. The minimum absolute atomic E-state index is 0.297. The van der Waals surface area contributed by atoms with E-state index in [0.29, 0.717) is 30.2 Å². The molecule has 2 fully saturated rings. The molecule has 3 rings (SSSR count). The molecule has 2 atom stereocenters. The van der Waals surface area contributed by atoms with Crippen LogP contribution < -0.4 is 0 Å². The monoisotopic (exact) mass is 250 g/mol. The second-order valence-electron chi connectivity index (χ2n) is 5.33. The smallest absolute Gasteiger partial charge is 0.141 e. The molecule has 0 aromatic carbocycles. The summed E-state index contributed by atoms with van der Waals surface area (Å²) < 4.78 is 0. The lowest BCUT2D eigenvalue weighted by molar-refractivity contribution is -0.124. The third-order valence-corrected chi connectivity index (χ3v) is 5.17. The molecule has 0 spiro atoms. The summed E-state index contributed by atoms with van der Waals surface area (Å²) in [4.78, 5) is 19.9. The van der Waals surface area contributed by atoms with E-state index in [2.05, 4.69) is 16.9 Å². The molecule has 1 aromatic rings. The molecule has 0 aliphatic carbocycles. The second-order valence-corrected chi connectivity index (χ2v) is 6.30. The molecule has 1 aromatic heterocycles. The molecule has 2 saturated heterocycles. The molecular weight excluding hydrogens is 232 g/mol. The summed E-state index contributed by atoms with van der Waals surface area (Å²) in [5.41, 5.74) is 1.81. The maximum absolute atomic E-state index is 12.3. The van der Waals surface area contributed by atoms with Gasteiger partial charge in [-0.05, 0) is 32.7 Å². The van der Waals surface area contributed by atoms with E-state index in [9.17, 15) is 4.79 Å². The van der Waals surface area contributed by atoms with E-state index >= 15 is 0 Å². The molecule has 0 radical (unpaired) electrons. The summed E-state index contributed by atoms with van der Waals surface area (Å²) in [6.07, 6.45) is 7.14. The maximum Gasteiger partial charge on any atom is 0.141 e. The lowest BCUT2D eigenvalue weighted by Gasteiger charge is -2.35. The Morgan fingerprint density at radius 1 is 1.47 bits per heavy atom. The highest BCUT2D eigenvalue weighted by Gasteiger charge is 2.40. The summed E-state index contributed by atoms with van der Waals surface area (Å²) in [6, 6.07) is 1.31. The molecule has 3 nitrogen and oxygen atoms in total. The number of carbonyl (C=O) groups is 1. The number of rotatable bonds is 3. The lowest BCUT2D eigenvalue weighted by Crippen LogP contribution is -2.42. The van der Waals surface area contributed by atoms with Crippen molar-refractivity contribution in [2.24, 2.45) is 5.92 Å². The van der Waals surface area contributed by atoms with Crippen molar-refractivity contribution >= 4 is 17.1 Å². The van der Waals surface area contributed by atoms with Crippen molar-refractivity contribution in [3.05, 3.63) is 16.6 Å². The molecule has 2 unspecified atom stereocenters. The Kier molecular flexibility index (Phi) is 3.01. The average molecular weight is 250 g/mol. The maximum atomic E-state index is 12.3. The first kappa shape index (κ1) is 11.4. The van der Waals surface area contributed by atoms with Gasteiger partial charge >= 0.3 is 0 Å². The van der Waals surface area contributed by atoms with Crippen LogP contribution in [0, 0.1) is 5.92 Å². The predicted octanol–water partition coefficient (Wildman–Crippen LogP) is 2.13. The van der Waals surface area contributed by atoms with E-state index in [0.717, 1.165) is 17.7 Å². The second kappa shape index (κ2) is 4.50. The number of Topliss-reactive ketones (excluding diaryl/α,β-unsaturated/α-hetero) is 1. The molecule has 17 heavy (non-hydrogen) atoms. The van der Waals surface area contributed by atoms with Crippen LogP contribution in [-0.4, -0.2) is 34.8 Å². The van der Waals surface area contributed by atoms with E-state index in [1.165, 1.54) is 12.8 Å². The highest BCUT2D eigenvalue weighted by atomic mass is 32.1. The summed E-state index contributed by atoms with van der Waals surface area (Å²) in [7, 11) is 2.21. The minimum Gasteiger partial charge on any atom is -0.300 e. The Bertz CT molecular complexity index is 390. The average Bonchev–Trinajstić information content (AvgIpc) is 2.86. The van der Waals surface area contributed by atoms with Gasteiger partial charge in [-0.2, -0.15) is 0 Å². The van der Waals surface area contributed by atoms with Gasteiger partial charge in [0.15, 0.2) is 0 Å². The van der Waals surface area contributed by atoms with Crippen LogP contribution >= 0.6 is 11.3 Å². The predicted molar refractivity (Wildman–Crippen MR) is 68.1 cm³/mol. The van der Waals surface area contributed by atoms with Gasteiger partial charge < -0.3 is 4.90 Å². The SMILES string of the molecule is CN1C2CCC1CC(C(=O)Cc1cncs1)C2. The van der Waals surface area contributed by atoms with Gasteiger partial charge in [0.1, 0.15) is 5.78 Å². The third kappa shape index (κ3) is 2.16. The Balaban J connectivity index is 1.64. The van der Waals surface area contributed by atoms with Crippen molar-refractivity contribution in [3.8, 4) is 0 Å². The van der Waals surface area contributed by atoms with Gasteiger partial charge in [0, 0.05) is 35.5 Å². The molecule has 3 heterocycles. The van der Waals surface area contributed by atoms with E-state index in [-0.39, 0.29) is 0 Å². The number of thiazole rings is 1. The highest BCUT2D eigenvalue weighted by molar-refractivity contribution is 7.09. The molecule has 92 valence electrons. The van der Waals surface area contributed by atoms with Gasteiger partial charge in [0.25, 0.3) is 0 Å². The zero-order chi connectivity index (χ0) is 11.8. The number of carbonyl (C=O) groups excluding carboxylic acids is 1. The van der Waals surface area contributed by atoms with Gasteiger partial charge in [-0.3, -0.25) is 9.78 Å². The van der Waals surface area contributed by atoms with Crippen LogP contribution in [0.1, 0.15) is 30.6 Å². The fourth-order valence-electron chi connectivity index (χ4n) is 3.32. The van der Waals surface area contributed by atoms with Crippen molar-refractivity contribution in [3.63, 3.8) is 0 Å². The van der Waals surface area contributed by atoms with Crippen molar-refractivity contribution in [2.75, 3.05) is 7.05 Å². The number of hydrogen-bond donors (Lipinski definition) is 0. The van der Waals surface area contributed by atoms with Gasteiger partial charge in [0.2, 0.25) is 0 Å². The summed E-state index contributed by atoms with van der Waals surface area (Å²) in [6.45, 7) is 0. The van der Waals surface area contributed by atoms with E-state index in [1.54, 1.807) is 16.8 Å². The number of fused-ring (bicyclic) bond motifs is 2. The molecule has 0 N–H and O–H groups in total. The fraction of sp³-hybridized carbons (Fsp3) is 0.692. The van der Waals surface area contributed by atoms with Crippen LogP contribution in [0.15, 0.2) is 11.7 Å². The van der Waals surface area contributed by atoms with Gasteiger partial charge in [-0.15, -0.1) is 11.3 Å². The normalized spacial score (nSPS) is 32.9. The van der Waals surface area contributed by atoms with Gasteiger partial charge in [-0.1, -0.05) is 0 Å². The van der Waals surface area contributed by atoms with Gasteiger partial charge in [0.05, 0.1) is 5.51 Å². The molecule has 2 aliphatic heterocycles. The standard InChI is InChI=1S/C13H18N2OS/c1-15-10-2-3-11(15)5-9(4-10)13(16)6-12-7-14-8-17-12/h7-11H,2-6H2,1H3.